The number of Topliss-reactive ketones (excluding diaryl/α,β-unsaturated/α-hetero) is 1. The van der Waals surface area contributed by atoms with Crippen molar-refractivity contribution in [1.29, 1.82) is 0 Å². The monoisotopic (exact) mass is 427 g/mol. The third-order valence-corrected chi connectivity index (χ3v) is 5.45. The van der Waals surface area contributed by atoms with Gasteiger partial charge in [-0.1, -0.05) is 42.1 Å². The maximum atomic E-state index is 13.1. The summed E-state index contributed by atoms with van der Waals surface area (Å²) in [6, 6.07) is 15.2. The number of hydrogen-bond acceptors (Lipinski definition) is 6. The molecule has 0 aliphatic carbocycles. The highest BCUT2D eigenvalue weighted by molar-refractivity contribution is 8.00. The molecule has 0 radical (unpaired) electrons. The Hall–Kier alpha value is -3.00. The van der Waals surface area contributed by atoms with Gasteiger partial charge in [-0.2, -0.15) is 0 Å². The number of thioether (sulfide) groups is 1. The Morgan fingerprint density at radius 2 is 1.80 bits per heavy atom. The fourth-order valence-electron chi connectivity index (χ4n) is 2.86. The highest BCUT2D eigenvalue weighted by Gasteiger charge is 2.22. The number of hydrogen-bond donors (Lipinski definition) is 0. The van der Waals surface area contributed by atoms with E-state index in [1.807, 2.05) is 34.9 Å². The Bertz CT molecular complexity index is 1010. The van der Waals surface area contributed by atoms with Crippen LogP contribution in [-0.4, -0.2) is 38.4 Å². The molecule has 1 aromatic heterocycles. The molecule has 3 aromatic rings. The molecule has 1 atom stereocenters. The van der Waals surface area contributed by atoms with Gasteiger partial charge in [-0.3, -0.25) is 9.59 Å². The molecule has 156 valence electrons. The molecule has 0 spiro atoms. The Morgan fingerprint density at radius 1 is 1.10 bits per heavy atom. The van der Waals surface area contributed by atoms with E-state index in [4.69, 9.17) is 4.74 Å². The van der Waals surface area contributed by atoms with Crippen LogP contribution in [0.1, 0.15) is 35.6 Å². The molecule has 0 fully saturated rings. The van der Waals surface area contributed by atoms with E-state index in [9.17, 15) is 14.0 Å². The van der Waals surface area contributed by atoms with Crippen molar-refractivity contribution in [3.05, 3.63) is 77.4 Å². The minimum absolute atomic E-state index is 0.00543. The molecule has 3 rings (SSSR count). The summed E-state index contributed by atoms with van der Waals surface area (Å²) in [6.45, 7) is 4.26. The molecule has 0 unspecified atom stereocenters. The summed E-state index contributed by atoms with van der Waals surface area (Å²) in [6.07, 6.45) is -0.00543. The van der Waals surface area contributed by atoms with E-state index in [0.29, 0.717) is 23.1 Å². The summed E-state index contributed by atoms with van der Waals surface area (Å²) in [5.41, 5.74) is 1.44. The fraction of sp³-hybridized carbons (Fsp3) is 0.273. The molecule has 0 bridgehead atoms. The number of ether oxygens (including phenoxy) is 1. The van der Waals surface area contributed by atoms with Gasteiger partial charge in [0.15, 0.2) is 10.9 Å². The van der Waals surface area contributed by atoms with Crippen LogP contribution < -0.4 is 0 Å². The van der Waals surface area contributed by atoms with E-state index < -0.39 is 11.1 Å². The highest BCUT2D eigenvalue weighted by atomic mass is 32.2. The summed E-state index contributed by atoms with van der Waals surface area (Å²) in [4.78, 5) is 24.7. The van der Waals surface area contributed by atoms with Crippen molar-refractivity contribution in [3.63, 3.8) is 0 Å². The predicted octanol–water partition coefficient (Wildman–Crippen LogP) is 3.93. The van der Waals surface area contributed by atoms with Crippen molar-refractivity contribution in [2.75, 3.05) is 6.61 Å². The smallest absolute Gasteiger partial charge is 0.313 e. The molecule has 0 amide bonds. The lowest BCUT2D eigenvalue weighted by Crippen LogP contribution is -2.17. The molecule has 0 saturated carbocycles. The minimum atomic E-state index is -0.468. The lowest BCUT2D eigenvalue weighted by Gasteiger charge is -2.13. The first-order valence-electron chi connectivity index (χ1n) is 9.56. The minimum Gasteiger partial charge on any atom is -0.466 e. The van der Waals surface area contributed by atoms with Gasteiger partial charge >= 0.3 is 5.97 Å². The normalized spacial score (nSPS) is 11.8. The van der Waals surface area contributed by atoms with Gasteiger partial charge in [0.1, 0.15) is 18.1 Å². The molecule has 8 heteroatoms. The average molecular weight is 428 g/mol. The van der Waals surface area contributed by atoms with Crippen molar-refractivity contribution >= 4 is 23.5 Å². The van der Waals surface area contributed by atoms with Crippen molar-refractivity contribution in [1.82, 2.24) is 14.8 Å². The number of esters is 1. The fourth-order valence-corrected chi connectivity index (χ4v) is 3.81. The quantitative estimate of drug-likeness (QED) is 0.293. The maximum Gasteiger partial charge on any atom is 0.313 e. The molecule has 0 aliphatic rings. The molecule has 0 aliphatic heterocycles. The number of nitrogens with zero attached hydrogens (tertiary/aromatic N) is 3. The van der Waals surface area contributed by atoms with Gasteiger partial charge in [0.25, 0.3) is 0 Å². The van der Waals surface area contributed by atoms with E-state index in [0.717, 1.165) is 5.56 Å². The van der Waals surface area contributed by atoms with Crippen LogP contribution in [0.4, 0.5) is 4.39 Å². The second kappa shape index (κ2) is 10.2. The van der Waals surface area contributed by atoms with Gasteiger partial charge in [0.05, 0.1) is 18.4 Å². The summed E-state index contributed by atoms with van der Waals surface area (Å²) < 4.78 is 20.0. The topological polar surface area (TPSA) is 74.1 Å². The van der Waals surface area contributed by atoms with Crippen LogP contribution in [0, 0.1) is 5.82 Å². The molecule has 1 heterocycles. The number of rotatable bonds is 9. The largest absolute Gasteiger partial charge is 0.466 e. The second-order valence-corrected chi connectivity index (χ2v) is 7.89. The van der Waals surface area contributed by atoms with E-state index in [2.05, 4.69) is 10.2 Å². The molecule has 30 heavy (non-hydrogen) atoms. The Balaban J connectivity index is 1.83. The summed E-state index contributed by atoms with van der Waals surface area (Å²) in [5.74, 6) is -0.438. The molecule has 6 nitrogen and oxygen atoms in total. The zero-order chi connectivity index (χ0) is 21.5. The summed E-state index contributed by atoms with van der Waals surface area (Å²) >= 11 is 1.25. The van der Waals surface area contributed by atoms with E-state index >= 15 is 0 Å². The maximum absolute atomic E-state index is 13.1. The van der Waals surface area contributed by atoms with Crippen LogP contribution in [0.2, 0.25) is 0 Å². The zero-order valence-corrected chi connectivity index (χ0v) is 17.6. The van der Waals surface area contributed by atoms with Crippen LogP contribution in [0.5, 0.6) is 0 Å². The van der Waals surface area contributed by atoms with Gasteiger partial charge in [-0.25, -0.2) is 4.39 Å². The number of ketones is 1. The second-order valence-electron chi connectivity index (χ2n) is 6.58. The van der Waals surface area contributed by atoms with Gasteiger partial charge in [0, 0.05) is 5.56 Å². The van der Waals surface area contributed by atoms with Crippen molar-refractivity contribution in [2.45, 2.75) is 37.2 Å². The standard InChI is InChI=1S/C22H22FN3O3S/c1-3-29-20(27)13-19-24-25-22(26(19)14-16-7-5-4-6-8-16)30-15(2)21(28)17-9-11-18(23)12-10-17/h4-12,15H,3,13-14H2,1-2H3/t15-/m0/s1. The third kappa shape index (κ3) is 5.54. The Kier molecular flexibility index (Phi) is 7.35. The van der Waals surface area contributed by atoms with Crippen molar-refractivity contribution < 1.29 is 18.7 Å². The first-order valence-corrected chi connectivity index (χ1v) is 10.4. The lowest BCUT2D eigenvalue weighted by molar-refractivity contribution is -0.142. The first kappa shape index (κ1) is 21.7. The molecular formula is C22H22FN3O3S. The van der Waals surface area contributed by atoms with E-state index in [1.165, 1.54) is 36.0 Å². The Morgan fingerprint density at radius 3 is 2.47 bits per heavy atom. The van der Waals surface area contributed by atoms with Gasteiger partial charge in [-0.15, -0.1) is 10.2 Å². The van der Waals surface area contributed by atoms with Crippen LogP contribution in [-0.2, 0) is 22.5 Å². The van der Waals surface area contributed by atoms with Gasteiger partial charge in [0.2, 0.25) is 0 Å². The zero-order valence-electron chi connectivity index (χ0n) is 16.7. The van der Waals surface area contributed by atoms with Crippen LogP contribution in [0.25, 0.3) is 0 Å². The van der Waals surface area contributed by atoms with E-state index in [1.54, 1.807) is 13.8 Å². The average Bonchev–Trinajstić information content (AvgIpc) is 3.09. The predicted molar refractivity (Wildman–Crippen MR) is 112 cm³/mol. The number of carbonyl (C=O) groups excluding carboxylic acids is 2. The molecule has 0 N–H and O–H groups in total. The number of carbonyl (C=O) groups is 2. The highest BCUT2D eigenvalue weighted by Crippen LogP contribution is 2.26. The van der Waals surface area contributed by atoms with E-state index in [-0.39, 0.29) is 24.8 Å². The molecule has 0 saturated heterocycles. The molecule has 2 aromatic carbocycles. The van der Waals surface area contributed by atoms with Crippen molar-refractivity contribution in [3.8, 4) is 0 Å². The number of aromatic nitrogens is 3. The first-order chi connectivity index (χ1) is 14.5. The summed E-state index contributed by atoms with van der Waals surface area (Å²) in [5, 5.41) is 8.43. The third-order valence-electron chi connectivity index (χ3n) is 4.36. The Labute approximate surface area is 178 Å². The SMILES string of the molecule is CCOC(=O)Cc1nnc(S[C@@H](C)C(=O)c2ccc(F)cc2)n1Cc1ccccc1. The number of benzene rings is 2. The summed E-state index contributed by atoms with van der Waals surface area (Å²) in [7, 11) is 0. The van der Waals surface area contributed by atoms with Crippen LogP contribution in [0.3, 0.4) is 0 Å². The van der Waals surface area contributed by atoms with Crippen molar-refractivity contribution in [2.24, 2.45) is 0 Å². The van der Waals surface area contributed by atoms with Crippen LogP contribution in [0.15, 0.2) is 59.8 Å². The molecular weight excluding hydrogens is 405 g/mol. The van der Waals surface area contributed by atoms with Crippen LogP contribution >= 0.6 is 11.8 Å². The number of halogens is 1. The lowest BCUT2D eigenvalue weighted by atomic mass is 10.1. The van der Waals surface area contributed by atoms with Gasteiger partial charge < -0.3 is 9.30 Å². The van der Waals surface area contributed by atoms with Gasteiger partial charge in [-0.05, 0) is 43.7 Å².